The molecule has 1 heterocycles. The minimum Gasteiger partial charge on any atom is -0.464 e. The minimum atomic E-state index is -0.623. The number of benzene rings is 2. The predicted octanol–water partition coefficient (Wildman–Crippen LogP) is 2.93. The molecular weight excluding hydrogens is 283 g/mol. The standard InChI is InChI=1S/C17H11FN2O2/c1-3-11-5-4-6-13(9-11)20-15-8-7-12(18)10-14(15)16(19-20)17(21)22-2/h1,4-10H,2H3. The topological polar surface area (TPSA) is 44.1 Å². The number of fused-ring (bicyclic) bond motifs is 1. The van der Waals surface area contributed by atoms with Gasteiger partial charge in [0.2, 0.25) is 0 Å². The third-order valence-electron chi connectivity index (χ3n) is 3.28. The lowest BCUT2D eigenvalue weighted by molar-refractivity contribution is 0.0595. The van der Waals surface area contributed by atoms with Crippen molar-refractivity contribution >= 4 is 16.9 Å². The predicted molar refractivity (Wildman–Crippen MR) is 80.3 cm³/mol. The monoisotopic (exact) mass is 294 g/mol. The van der Waals surface area contributed by atoms with Crippen LogP contribution in [-0.4, -0.2) is 22.9 Å². The first-order valence-electron chi connectivity index (χ1n) is 6.47. The normalized spacial score (nSPS) is 10.4. The highest BCUT2D eigenvalue weighted by atomic mass is 19.1. The molecule has 2 aromatic carbocycles. The highest BCUT2D eigenvalue weighted by molar-refractivity contribution is 6.02. The number of rotatable bonds is 2. The summed E-state index contributed by atoms with van der Waals surface area (Å²) < 4.78 is 19.8. The van der Waals surface area contributed by atoms with Gasteiger partial charge >= 0.3 is 5.97 Å². The fraction of sp³-hybridized carbons (Fsp3) is 0.0588. The number of terminal acetylenes is 1. The Hall–Kier alpha value is -3.13. The summed E-state index contributed by atoms with van der Waals surface area (Å²) in [5.74, 6) is 1.47. The third-order valence-corrected chi connectivity index (χ3v) is 3.28. The number of aromatic nitrogens is 2. The van der Waals surface area contributed by atoms with E-state index in [1.807, 2.05) is 0 Å². The molecule has 3 aromatic rings. The molecule has 0 spiro atoms. The molecule has 4 nitrogen and oxygen atoms in total. The first-order valence-corrected chi connectivity index (χ1v) is 6.47. The second-order valence-electron chi connectivity index (χ2n) is 4.61. The van der Waals surface area contributed by atoms with Gasteiger partial charge in [-0.2, -0.15) is 5.10 Å². The molecule has 0 saturated carbocycles. The van der Waals surface area contributed by atoms with Crippen molar-refractivity contribution < 1.29 is 13.9 Å². The van der Waals surface area contributed by atoms with Gasteiger partial charge in [-0.3, -0.25) is 0 Å². The van der Waals surface area contributed by atoms with E-state index in [2.05, 4.69) is 11.0 Å². The zero-order chi connectivity index (χ0) is 15.7. The number of esters is 1. The van der Waals surface area contributed by atoms with Crippen LogP contribution in [0.2, 0.25) is 0 Å². The van der Waals surface area contributed by atoms with E-state index in [1.165, 1.54) is 19.2 Å². The number of hydrogen-bond acceptors (Lipinski definition) is 3. The highest BCUT2D eigenvalue weighted by Gasteiger charge is 2.19. The molecule has 0 amide bonds. The van der Waals surface area contributed by atoms with E-state index >= 15 is 0 Å². The number of nitrogens with zero attached hydrogens (tertiary/aromatic N) is 2. The maximum absolute atomic E-state index is 13.5. The van der Waals surface area contributed by atoms with Gasteiger partial charge in [-0.25, -0.2) is 13.9 Å². The number of carbonyl (C=O) groups is 1. The number of ether oxygens (including phenoxy) is 1. The van der Waals surface area contributed by atoms with E-state index in [9.17, 15) is 9.18 Å². The van der Waals surface area contributed by atoms with Crippen LogP contribution < -0.4 is 0 Å². The Labute approximate surface area is 126 Å². The molecule has 0 aliphatic rings. The van der Waals surface area contributed by atoms with Crippen LogP contribution in [0.3, 0.4) is 0 Å². The fourth-order valence-electron chi connectivity index (χ4n) is 2.26. The van der Waals surface area contributed by atoms with Crippen molar-refractivity contribution in [2.24, 2.45) is 0 Å². The lowest BCUT2D eigenvalue weighted by Crippen LogP contribution is -2.04. The summed E-state index contributed by atoms with van der Waals surface area (Å²) >= 11 is 0. The molecule has 5 heteroatoms. The summed E-state index contributed by atoms with van der Waals surface area (Å²) in [5.41, 5.74) is 2.02. The summed E-state index contributed by atoms with van der Waals surface area (Å²) in [5, 5.41) is 4.64. The summed E-state index contributed by atoms with van der Waals surface area (Å²) in [6.07, 6.45) is 5.40. The molecule has 22 heavy (non-hydrogen) atoms. The maximum Gasteiger partial charge on any atom is 0.359 e. The molecule has 0 aliphatic heterocycles. The van der Waals surface area contributed by atoms with Crippen LogP contribution >= 0.6 is 0 Å². The Morgan fingerprint density at radius 3 is 2.86 bits per heavy atom. The first kappa shape index (κ1) is 13.8. The van der Waals surface area contributed by atoms with Crippen molar-refractivity contribution in [2.45, 2.75) is 0 Å². The van der Waals surface area contributed by atoms with Crippen molar-refractivity contribution in [3.63, 3.8) is 0 Å². The van der Waals surface area contributed by atoms with Gasteiger partial charge in [0, 0.05) is 10.9 Å². The van der Waals surface area contributed by atoms with E-state index in [1.54, 1.807) is 35.0 Å². The van der Waals surface area contributed by atoms with Gasteiger partial charge in [-0.1, -0.05) is 12.0 Å². The van der Waals surface area contributed by atoms with Gasteiger partial charge in [-0.05, 0) is 36.4 Å². The average molecular weight is 294 g/mol. The molecule has 0 unspecified atom stereocenters. The molecule has 108 valence electrons. The molecule has 0 saturated heterocycles. The van der Waals surface area contributed by atoms with Gasteiger partial charge in [-0.15, -0.1) is 6.42 Å². The number of hydrogen-bond donors (Lipinski definition) is 0. The molecule has 0 bridgehead atoms. The fourth-order valence-corrected chi connectivity index (χ4v) is 2.26. The van der Waals surface area contributed by atoms with Gasteiger partial charge in [0.25, 0.3) is 0 Å². The van der Waals surface area contributed by atoms with Crippen LogP contribution in [0.1, 0.15) is 16.1 Å². The second-order valence-corrected chi connectivity index (χ2v) is 4.61. The van der Waals surface area contributed by atoms with Crippen molar-refractivity contribution in [3.05, 3.63) is 59.5 Å². The molecule has 0 fully saturated rings. The smallest absolute Gasteiger partial charge is 0.359 e. The summed E-state index contributed by atoms with van der Waals surface area (Å²) in [6, 6.07) is 11.3. The van der Waals surface area contributed by atoms with E-state index in [-0.39, 0.29) is 5.69 Å². The van der Waals surface area contributed by atoms with Gasteiger partial charge in [0.1, 0.15) is 5.82 Å². The van der Waals surface area contributed by atoms with Gasteiger partial charge < -0.3 is 4.74 Å². The Morgan fingerprint density at radius 2 is 2.14 bits per heavy atom. The lowest BCUT2D eigenvalue weighted by Gasteiger charge is -2.03. The number of halogens is 1. The van der Waals surface area contributed by atoms with E-state index < -0.39 is 11.8 Å². The largest absolute Gasteiger partial charge is 0.464 e. The Morgan fingerprint density at radius 1 is 1.32 bits per heavy atom. The molecule has 0 N–H and O–H groups in total. The van der Waals surface area contributed by atoms with E-state index in [0.29, 0.717) is 22.2 Å². The van der Waals surface area contributed by atoms with Crippen molar-refractivity contribution in [2.75, 3.05) is 7.11 Å². The number of carbonyl (C=O) groups excluding carboxylic acids is 1. The van der Waals surface area contributed by atoms with Crippen LogP contribution in [0.15, 0.2) is 42.5 Å². The first-order chi connectivity index (χ1) is 10.6. The molecular formula is C17H11FN2O2. The number of methoxy groups -OCH3 is 1. The van der Waals surface area contributed by atoms with Crippen molar-refractivity contribution in [1.82, 2.24) is 9.78 Å². The summed E-state index contributed by atoms with van der Waals surface area (Å²) in [4.78, 5) is 11.9. The molecule has 3 rings (SSSR count). The van der Waals surface area contributed by atoms with Crippen LogP contribution in [0.25, 0.3) is 16.6 Å². The molecule has 1 aromatic heterocycles. The zero-order valence-corrected chi connectivity index (χ0v) is 11.7. The Bertz CT molecular complexity index is 922. The van der Waals surface area contributed by atoms with Crippen molar-refractivity contribution in [1.29, 1.82) is 0 Å². The third kappa shape index (κ3) is 2.21. The van der Waals surface area contributed by atoms with Crippen LogP contribution in [0.5, 0.6) is 0 Å². The maximum atomic E-state index is 13.5. The van der Waals surface area contributed by atoms with Gasteiger partial charge in [0.05, 0.1) is 18.3 Å². The Kier molecular flexibility index (Phi) is 3.36. The second kappa shape index (κ2) is 5.34. The summed E-state index contributed by atoms with van der Waals surface area (Å²) in [6.45, 7) is 0. The van der Waals surface area contributed by atoms with E-state index in [0.717, 1.165) is 0 Å². The molecule has 0 radical (unpaired) electrons. The summed E-state index contributed by atoms with van der Waals surface area (Å²) in [7, 11) is 1.26. The quantitative estimate of drug-likeness (QED) is 0.539. The van der Waals surface area contributed by atoms with Crippen LogP contribution in [0.4, 0.5) is 4.39 Å². The average Bonchev–Trinajstić information content (AvgIpc) is 2.92. The van der Waals surface area contributed by atoms with Crippen LogP contribution in [0, 0.1) is 18.2 Å². The molecule has 0 atom stereocenters. The highest BCUT2D eigenvalue weighted by Crippen LogP contribution is 2.24. The minimum absolute atomic E-state index is 0.0584. The molecule has 0 aliphatic carbocycles. The van der Waals surface area contributed by atoms with Crippen LogP contribution in [-0.2, 0) is 4.74 Å². The SMILES string of the molecule is C#Cc1cccc(-n2nc(C(=O)OC)c3cc(F)ccc32)c1. The zero-order valence-electron chi connectivity index (χ0n) is 11.7. The van der Waals surface area contributed by atoms with E-state index in [4.69, 9.17) is 11.2 Å². The Balaban J connectivity index is 2.30. The lowest BCUT2D eigenvalue weighted by atomic mass is 10.2. The van der Waals surface area contributed by atoms with Gasteiger partial charge in [0.15, 0.2) is 5.69 Å². The van der Waals surface area contributed by atoms with Crippen molar-refractivity contribution in [3.8, 4) is 18.0 Å².